The number of aryl methyl sites for hydroxylation is 2. The first kappa shape index (κ1) is 18.6. The highest BCUT2D eigenvalue weighted by atomic mass is 35.5. The molecule has 1 aliphatic heterocycles. The van der Waals surface area contributed by atoms with Crippen molar-refractivity contribution in [1.82, 2.24) is 4.90 Å². The van der Waals surface area contributed by atoms with E-state index < -0.39 is 0 Å². The summed E-state index contributed by atoms with van der Waals surface area (Å²) in [5.74, 6) is 0.216. The molecule has 1 amide bonds. The van der Waals surface area contributed by atoms with Gasteiger partial charge in [-0.1, -0.05) is 29.8 Å². The zero-order chi connectivity index (χ0) is 18.5. The summed E-state index contributed by atoms with van der Waals surface area (Å²) in [6, 6.07) is 14.2. The van der Waals surface area contributed by atoms with Crippen molar-refractivity contribution in [3.05, 3.63) is 58.6 Å². The van der Waals surface area contributed by atoms with Gasteiger partial charge in [-0.05, 0) is 49.2 Å². The van der Waals surface area contributed by atoms with Crippen LogP contribution in [0.25, 0.3) is 0 Å². The zero-order valence-electron chi connectivity index (χ0n) is 15.5. The molecule has 0 spiro atoms. The Morgan fingerprint density at radius 2 is 1.85 bits per heavy atom. The Hall–Kier alpha value is -2.20. The van der Waals surface area contributed by atoms with E-state index in [1.54, 1.807) is 0 Å². The van der Waals surface area contributed by atoms with Crippen molar-refractivity contribution in [2.24, 2.45) is 0 Å². The van der Waals surface area contributed by atoms with Gasteiger partial charge in [0.1, 0.15) is 0 Å². The molecule has 0 atom stereocenters. The molecule has 138 valence electrons. The third-order valence-electron chi connectivity index (χ3n) is 4.85. The molecule has 1 saturated heterocycles. The predicted molar refractivity (Wildman–Crippen MR) is 109 cm³/mol. The van der Waals surface area contributed by atoms with Gasteiger partial charge in [-0.25, -0.2) is 0 Å². The Morgan fingerprint density at radius 3 is 2.58 bits per heavy atom. The van der Waals surface area contributed by atoms with E-state index in [0.717, 1.165) is 42.6 Å². The maximum atomic E-state index is 12.5. The summed E-state index contributed by atoms with van der Waals surface area (Å²) >= 11 is 6.07. The lowest BCUT2D eigenvalue weighted by Crippen LogP contribution is -2.49. The van der Waals surface area contributed by atoms with Gasteiger partial charge in [0, 0.05) is 55.5 Å². The summed E-state index contributed by atoms with van der Waals surface area (Å²) in [4.78, 5) is 16.7. The minimum atomic E-state index is 0.216. The second-order valence-electron chi connectivity index (χ2n) is 6.84. The SMILES string of the molecule is Cc1ccc(C)c(NCCC(=O)N2CCN(c3cccc(Cl)c3)CC2)c1. The van der Waals surface area contributed by atoms with Gasteiger partial charge in [0.2, 0.25) is 5.91 Å². The standard InChI is InChI=1S/C21H26ClN3O/c1-16-6-7-17(2)20(14-16)23-9-8-21(26)25-12-10-24(11-13-25)19-5-3-4-18(22)15-19/h3-7,14-15,23H,8-13H2,1-2H3. The Balaban J connectivity index is 1.46. The number of carbonyl (C=O) groups is 1. The van der Waals surface area contributed by atoms with Gasteiger partial charge < -0.3 is 15.1 Å². The third-order valence-corrected chi connectivity index (χ3v) is 5.09. The van der Waals surface area contributed by atoms with Crippen LogP contribution in [-0.4, -0.2) is 43.5 Å². The minimum Gasteiger partial charge on any atom is -0.384 e. The normalized spacial score (nSPS) is 14.4. The van der Waals surface area contributed by atoms with Gasteiger partial charge in [-0.3, -0.25) is 4.79 Å². The van der Waals surface area contributed by atoms with E-state index in [1.165, 1.54) is 11.1 Å². The lowest BCUT2D eigenvalue weighted by atomic mass is 10.1. The van der Waals surface area contributed by atoms with Crippen LogP contribution in [0.1, 0.15) is 17.5 Å². The van der Waals surface area contributed by atoms with Crippen molar-refractivity contribution in [2.75, 3.05) is 42.9 Å². The van der Waals surface area contributed by atoms with E-state index in [4.69, 9.17) is 11.6 Å². The van der Waals surface area contributed by atoms with Gasteiger partial charge in [-0.2, -0.15) is 0 Å². The molecule has 1 heterocycles. The van der Waals surface area contributed by atoms with Crippen LogP contribution in [0.4, 0.5) is 11.4 Å². The third kappa shape index (κ3) is 4.70. The predicted octanol–water partition coefficient (Wildman–Crippen LogP) is 4.11. The van der Waals surface area contributed by atoms with Crippen LogP contribution in [0.15, 0.2) is 42.5 Å². The molecule has 0 aromatic heterocycles. The van der Waals surface area contributed by atoms with Gasteiger partial charge in [0.05, 0.1) is 0 Å². The van der Waals surface area contributed by atoms with E-state index in [0.29, 0.717) is 13.0 Å². The molecule has 0 radical (unpaired) electrons. The highest BCUT2D eigenvalue weighted by Crippen LogP contribution is 2.21. The Kier molecular flexibility index (Phi) is 6.04. The number of anilines is 2. The summed E-state index contributed by atoms with van der Waals surface area (Å²) in [7, 11) is 0. The van der Waals surface area contributed by atoms with Crippen LogP contribution in [0, 0.1) is 13.8 Å². The Labute approximate surface area is 160 Å². The average molecular weight is 372 g/mol. The van der Waals surface area contributed by atoms with Crippen molar-refractivity contribution in [3.8, 4) is 0 Å². The fourth-order valence-electron chi connectivity index (χ4n) is 3.28. The molecule has 0 bridgehead atoms. The van der Waals surface area contributed by atoms with Gasteiger partial charge in [0.15, 0.2) is 0 Å². The fourth-order valence-corrected chi connectivity index (χ4v) is 3.46. The number of nitrogens with zero attached hydrogens (tertiary/aromatic N) is 2. The van der Waals surface area contributed by atoms with Crippen LogP contribution in [0.2, 0.25) is 5.02 Å². The molecule has 2 aromatic carbocycles. The molecule has 5 heteroatoms. The lowest BCUT2D eigenvalue weighted by molar-refractivity contribution is -0.131. The molecule has 2 aromatic rings. The van der Waals surface area contributed by atoms with E-state index in [-0.39, 0.29) is 5.91 Å². The van der Waals surface area contributed by atoms with Gasteiger partial charge in [0.25, 0.3) is 0 Å². The topological polar surface area (TPSA) is 35.6 Å². The zero-order valence-corrected chi connectivity index (χ0v) is 16.2. The smallest absolute Gasteiger partial charge is 0.224 e. The quantitative estimate of drug-likeness (QED) is 0.859. The van der Waals surface area contributed by atoms with Crippen molar-refractivity contribution in [3.63, 3.8) is 0 Å². The summed E-state index contributed by atoms with van der Waals surface area (Å²) in [5.41, 5.74) is 4.67. The highest BCUT2D eigenvalue weighted by molar-refractivity contribution is 6.30. The molecule has 0 aliphatic carbocycles. The van der Waals surface area contributed by atoms with Crippen molar-refractivity contribution < 1.29 is 4.79 Å². The summed E-state index contributed by atoms with van der Waals surface area (Å²) in [6.45, 7) is 8.03. The first-order valence-electron chi connectivity index (χ1n) is 9.12. The number of halogens is 1. The summed E-state index contributed by atoms with van der Waals surface area (Å²) < 4.78 is 0. The molecule has 1 N–H and O–H groups in total. The van der Waals surface area contributed by atoms with E-state index in [2.05, 4.69) is 48.3 Å². The molecule has 26 heavy (non-hydrogen) atoms. The van der Waals surface area contributed by atoms with Crippen LogP contribution in [0.5, 0.6) is 0 Å². The van der Waals surface area contributed by atoms with E-state index in [1.807, 2.05) is 23.1 Å². The molecular weight excluding hydrogens is 346 g/mol. The first-order valence-corrected chi connectivity index (χ1v) is 9.50. The van der Waals surface area contributed by atoms with Crippen molar-refractivity contribution >= 4 is 28.9 Å². The van der Waals surface area contributed by atoms with Crippen LogP contribution >= 0.6 is 11.6 Å². The number of nitrogens with one attached hydrogen (secondary N) is 1. The van der Waals surface area contributed by atoms with Gasteiger partial charge in [-0.15, -0.1) is 0 Å². The maximum Gasteiger partial charge on any atom is 0.224 e. The van der Waals surface area contributed by atoms with Gasteiger partial charge >= 0.3 is 0 Å². The molecule has 0 unspecified atom stereocenters. The summed E-state index contributed by atoms with van der Waals surface area (Å²) in [6.07, 6.45) is 0.518. The van der Waals surface area contributed by atoms with E-state index >= 15 is 0 Å². The van der Waals surface area contributed by atoms with Crippen LogP contribution in [-0.2, 0) is 4.79 Å². The molecule has 0 saturated carbocycles. The molecule has 1 aliphatic rings. The minimum absolute atomic E-state index is 0.216. The second kappa shape index (κ2) is 8.45. The van der Waals surface area contributed by atoms with Crippen LogP contribution < -0.4 is 10.2 Å². The number of carbonyl (C=O) groups excluding carboxylic acids is 1. The number of rotatable bonds is 5. The summed E-state index contributed by atoms with van der Waals surface area (Å²) in [5, 5.41) is 4.14. The number of piperazine rings is 1. The molecule has 3 rings (SSSR count). The van der Waals surface area contributed by atoms with Crippen molar-refractivity contribution in [2.45, 2.75) is 20.3 Å². The molecule has 4 nitrogen and oxygen atoms in total. The fraction of sp³-hybridized carbons (Fsp3) is 0.381. The Morgan fingerprint density at radius 1 is 1.08 bits per heavy atom. The number of amides is 1. The average Bonchev–Trinajstić information content (AvgIpc) is 2.64. The number of hydrogen-bond donors (Lipinski definition) is 1. The highest BCUT2D eigenvalue weighted by Gasteiger charge is 2.21. The largest absolute Gasteiger partial charge is 0.384 e. The maximum absolute atomic E-state index is 12.5. The second-order valence-corrected chi connectivity index (χ2v) is 7.28. The molecule has 1 fully saturated rings. The lowest BCUT2D eigenvalue weighted by Gasteiger charge is -2.36. The molecular formula is C21H26ClN3O. The van der Waals surface area contributed by atoms with E-state index in [9.17, 15) is 4.79 Å². The van der Waals surface area contributed by atoms with Crippen molar-refractivity contribution in [1.29, 1.82) is 0 Å². The van der Waals surface area contributed by atoms with Crippen LogP contribution in [0.3, 0.4) is 0 Å². The number of benzene rings is 2. The first-order chi connectivity index (χ1) is 12.5. The number of hydrogen-bond acceptors (Lipinski definition) is 3. The Bertz CT molecular complexity index is 770. The monoisotopic (exact) mass is 371 g/mol.